The van der Waals surface area contributed by atoms with Gasteiger partial charge in [0, 0.05) is 28.8 Å². The van der Waals surface area contributed by atoms with Crippen LogP contribution in [-0.4, -0.2) is 45.8 Å². The second-order valence-electron chi connectivity index (χ2n) is 4.92. The van der Waals surface area contributed by atoms with Crippen molar-refractivity contribution in [1.29, 1.82) is 0 Å². The van der Waals surface area contributed by atoms with Crippen LogP contribution in [0.5, 0.6) is 0 Å². The number of rotatable bonds is 5. The summed E-state index contributed by atoms with van der Waals surface area (Å²) in [4.78, 5) is 36.7. The van der Waals surface area contributed by atoms with Gasteiger partial charge in [0.1, 0.15) is 0 Å². The van der Waals surface area contributed by atoms with Gasteiger partial charge in [-0.1, -0.05) is 24.3 Å². The Morgan fingerprint density at radius 3 is 2.18 bits per heavy atom. The van der Waals surface area contributed by atoms with Crippen LogP contribution in [0.3, 0.4) is 0 Å². The Morgan fingerprint density at radius 1 is 1.05 bits per heavy atom. The van der Waals surface area contributed by atoms with Crippen LogP contribution in [0.1, 0.15) is 20.7 Å². The summed E-state index contributed by atoms with van der Waals surface area (Å²) < 4.78 is 0. The van der Waals surface area contributed by atoms with E-state index >= 15 is 0 Å². The molecule has 22 heavy (non-hydrogen) atoms. The number of carboxylic acid groups (broad SMARTS) is 1. The zero-order chi connectivity index (χ0) is 15.7. The minimum absolute atomic E-state index is 0.0393. The molecule has 0 atom stereocenters. The Balaban J connectivity index is 1.89. The van der Waals surface area contributed by atoms with Crippen molar-refractivity contribution in [3.8, 4) is 0 Å². The summed E-state index contributed by atoms with van der Waals surface area (Å²) >= 11 is 1.19. The number of thioether (sulfide) groups is 1. The van der Waals surface area contributed by atoms with Crippen molar-refractivity contribution in [2.24, 2.45) is 0 Å². The van der Waals surface area contributed by atoms with Gasteiger partial charge in [-0.25, -0.2) is 0 Å². The zero-order valence-electron chi connectivity index (χ0n) is 11.6. The van der Waals surface area contributed by atoms with Crippen LogP contribution >= 0.6 is 11.8 Å². The Bertz CT molecular complexity index is 736. The number of hydrogen-bond donors (Lipinski definition) is 1. The van der Waals surface area contributed by atoms with E-state index in [1.54, 1.807) is 24.3 Å². The fourth-order valence-electron chi connectivity index (χ4n) is 2.60. The first-order chi connectivity index (χ1) is 10.6. The fourth-order valence-corrected chi connectivity index (χ4v) is 3.23. The average Bonchev–Trinajstić information content (AvgIpc) is 2.51. The molecule has 0 spiro atoms. The molecule has 2 aromatic carbocycles. The van der Waals surface area contributed by atoms with Crippen molar-refractivity contribution >= 4 is 40.3 Å². The van der Waals surface area contributed by atoms with Crippen LogP contribution in [-0.2, 0) is 4.79 Å². The molecule has 112 valence electrons. The van der Waals surface area contributed by atoms with Gasteiger partial charge < -0.3 is 5.11 Å². The normalized spacial score (nSPS) is 13.7. The van der Waals surface area contributed by atoms with Crippen LogP contribution in [0, 0.1) is 0 Å². The molecule has 0 saturated heterocycles. The van der Waals surface area contributed by atoms with E-state index in [0.717, 1.165) is 5.39 Å². The van der Waals surface area contributed by atoms with Crippen LogP contribution in [0.2, 0.25) is 0 Å². The molecule has 0 fully saturated rings. The van der Waals surface area contributed by atoms with Gasteiger partial charge in [0.2, 0.25) is 0 Å². The summed E-state index contributed by atoms with van der Waals surface area (Å²) in [6.07, 6.45) is 0. The van der Waals surface area contributed by atoms with Gasteiger partial charge in [-0.3, -0.25) is 19.3 Å². The summed E-state index contributed by atoms with van der Waals surface area (Å²) in [7, 11) is 0. The van der Waals surface area contributed by atoms with E-state index in [0.29, 0.717) is 22.3 Å². The number of imide groups is 1. The topological polar surface area (TPSA) is 74.7 Å². The minimum atomic E-state index is -0.906. The highest BCUT2D eigenvalue weighted by Crippen LogP contribution is 2.29. The molecule has 0 aliphatic carbocycles. The van der Waals surface area contributed by atoms with Crippen molar-refractivity contribution in [3.63, 3.8) is 0 Å². The quantitative estimate of drug-likeness (QED) is 0.676. The molecule has 0 saturated carbocycles. The molecule has 3 rings (SSSR count). The van der Waals surface area contributed by atoms with Gasteiger partial charge in [-0.2, -0.15) is 0 Å². The molecule has 1 N–H and O–H groups in total. The lowest BCUT2D eigenvalue weighted by atomic mass is 9.94. The van der Waals surface area contributed by atoms with Crippen LogP contribution < -0.4 is 0 Å². The minimum Gasteiger partial charge on any atom is -0.481 e. The predicted molar refractivity (Wildman–Crippen MR) is 84.3 cm³/mol. The maximum Gasteiger partial charge on any atom is 0.313 e. The maximum atomic E-state index is 12.5. The van der Waals surface area contributed by atoms with Crippen LogP contribution in [0.4, 0.5) is 0 Å². The molecule has 5 nitrogen and oxygen atoms in total. The molecule has 1 aliphatic rings. The summed E-state index contributed by atoms with van der Waals surface area (Å²) in [6, 6.07) is 10.8. The third-order valence-corrected chi connectivity index (χ3v) is 4.46. The molecule has 0 radical (unpaired) electrons. The van der Waals surface area contributed by atoms with E-state index in [-0.39, 0.29) is 24.1 Å². The first kappa shape index (κ1) is 14.6. The van der Waals surface area contributed by atoms with Crippen LogP contribution in [0.25, 0.3) is 10.8 Å². The van der Waals surface area contributed by atoms with E-state index in [9.17, 15) is 14.4 Å². The van der Waals surface area contributed by atoms with Gasteiger partial charge in [0.25, 0.3) is 11.8 Å². The molecule has 1 aliphatic heterocycles. The van der Waals surface area contributed by atoms with Crippen molar-refractivity contribution in [2.45, 2.75) is 0 Å². The number of carboxylic acids is 1. The summed E-state index contributed by atoms with van der Waals surface area (Å²) in [5.41, 5.74) is 1.05. The second-order valence-corrected chi connectivity index (χ2v) is 6.02. The summed E-state index contributed by atoms with van der Waals surface area (Å²) in [5, 5.41) is 10.2. The third-order valence-electron chi connectivity index (χ3n) is 3.54. The molecule has 0 unspecified atom stereocenters. The lowest BCUT2D eigenvalue weighted by Crippen LogP contribution is -2.41. The first-order valence-electron chi connectivity index (χ1n) is 6.77. The van der Waals surface area contributed by atoms with Gasteiger partial charge in [-0.15, -0.1) is 11.8 Å². The van der Waals surface area contributed by atoms with E-state index in [1.807, 2.05) is 12.1 Å². The number of carbonyl (C=O) groups is 3. The molecule has 0 bridgehead atoms. The molecule has 2 aromatic rings. The van der Waals surface area contributed by atoms with Gasteiger partial charge >= 0.3 is 5.97 Å². The molecule has 2 amide bonds. The molecule has 6 heteroatoms. The monoisotopic (exact) mass is 315 g/mol. The maximum absolute atomic E-state index is 12.5. The Morgan fingerprint density at radius 2 is 1.64 bits per heavy atom. The van der Waals surface area contributed by atoms with E-state index < -0.39 is 5.97 Å². The lowest BCUT2D eigenvalue weighted by Gasteiger charge is -2.27. The highest BCUT2D eigenvalue weighted by Gasteiger charge is 2.32. The largest absolute Gasteiger partial charge is 0.481 e. The Kier molecular flexibility index (Phi) is 3.85. The average molecular weight is 315 g/mol. The van der Waals surface area contributed by atoms with E-state index in [4.69, 9.17) is 5.11 Å². The number of hydrogen-bond acceptors (Lipinski definition) is 4. The second kappa shape index (κ2) is 5.81. The third kappa shape index (κ3) is 2.46. The van der Waals surface area contributed by atoms with Crippen molar-refractivity contribution in [2.75, 3.05) is 18.1 Å². The first-order valence-corrected chi connectivity index (χ1v) is 7.92. The van der Waals surface area contributed by atoms with E-state index in [2.05, 4.69) is 0 Å². The van der Waals surface area contributed by atoms with Crippen molar-refractivity contribution < 1.29 is 19.5 Å². The Hall–Kier alpha value is -2.34. The fraction of sp³-hybridized carbons (Fsp3) is 0.188. The lowest BCUT2D eigenvalue weighted by molar-refractivity contribution is -0.133. The molecular formula is C16H13NO4S. The van der Waals surface area contributed by atoms with Gasteiger partial charge in [0.05, 0.1) is 5.75 Å². The number of carbonyl (C=O) groups excluding carboxylic acids is 2. The summed E-state index contributed by atoms with van der Waals surface area (Å²) in [6.45, 7) is 0.209. The smallest absolute Gasteiger partial charge is 0.313 e. The number of benzene rings is 2. The standard InChI is InChI=1S/C16H13NO4S/c18-13(19)9-22-8-7-17-15(20)11-5-1-3-10-4-2-6-12(14(10)11)16(17)21/h1-6H,7-9H2,(H,18,19). The highest BCUT2D eigenvalue weighted by atomic mass is 32.2. The zero-order valence-corrected chi connectivity index (χ0v) is 12.4. The predicted octanol–water partition coefficient (Wildman–Crippen LogP) is 2.25. The van der Waals surface area contributed by atoms with Crippen molar-refractivity contribution in [1.82, 2.24) is 4.90 Å². The van der Waals surface area contributed by atoms with Gasteiger partial charge in [-0.05, 0) is 17.5 Å². The SMILES string of the molecule is O=C(O)CSCCN1C(=O)c2cccc3cccc(c23)C1=O. The number of nitrogens with zero attached hydrogens (tertiary/aromatic N) is 1. The highest BCUT2D eigenvalue weighted by molar-refractivity contribution is 7.99. The molecule has 1 heterocycles. The van der Waals surface area contributed by atoms with Crippen LogP contribution in [0.15, 0.2) is 36.4 Å². The molecular weight excluding hydrogens is 302 g/mol. The van der Waals surface area contributed by atoms with E-state index in [1.165, 1.54) is 16.7 Å². The van der Waals surface area contributed by atoms with Crippen molar-refractivity contribution in [3.05, 3.63) is 47.5 Å². The summed E-state index contributed by atoms with van der Waals surface area (Å²) in [5.74, 6) is -1.17. The Labute approximate surface area is 130 Å². The van der Waals surface area contributed by atoms with Gasteiger partial charge in [0.15, 0.2) is 0 Å². The molecule has 0 aromatic heterocycles. The number of amides is 2. The number of aliphatic carboxylic acids is 1.